The molecular weight excluding hydrogens is 394 g/mol. The first-order chi connectivity index (χ1) is 14.2. The molecule has 1 saturated heterocycles. The minimum absolute atomic E-state index is 0.0557. The summed E-state index contributed by atoms with van der Waals surface area (Å²) in [4.78, 5) is 17.3. The van der Waals surface area contributed by atoms with Crippen molar-refractivity contribution in [2.45, 2.75) is 44.8 Å². The Morgan fingerprint density at radius 2 is 2.07 bits per heavy atom. The zero-order valence-electron chi connectivity index (χ0n) is 17.4. The number of aromatic nitrogens is 1. The summed E-state index contributed by atoms with van der Waals surface area (Å²) >= 11 is 0. The summed E-state index contributed by atoms with van der Waals surface area (Å²) in [5.74, 6) is -3.48. The van der Waals surface area contributed by atoms with Gasteiger partial charge in [-0.1, -0.05) is 13.0 Å². The second-order valence-corrected chi connectivity index (χ2v) is 7.94. The molecule has 0 spiro atoms. The summed E-state index contributed by atoms with van der Waals surface area (Å²) in [6.45, 7) is 5.57. The zero-order valence-corrected chi connectivity index (χ0v) is 17.4. The van der Waals surface area contributed by atoms with Gasteiger partial charge >= 0.3 is 0 Å². The van der Waals surface area contributed by atoms with Crippen LogP contribution in [0.3, 0.4) is 0 Å². The van der Waals surface area contributed by atoms with E-state index in [1.165, 1.54) is 13.2 Å². The average Bonchev–Trinajstić information content (AvgIpc) is 2.94. The van der Waals surface area contributed by atoms with Crippen molar-refractivity contribution in [1.29, 1.82) is 0 Å². The number of methoxy groups -OCH3 is 1. The van der Waals surface area contributed by atoms with E-state index in [1.54, 1.807) is 18.3 Å². The van der Waals surface area contributed by atoms with E-state index < -0.39 is 35.2 Å². The minimum atomic E-state index is -1.09. The van der Waals surface area contributed by atoms with Crippen LogP contribution in [0.2, 0.25) is 0 Å². The smallest absolute Gasteiger partial charge is 0.254 e. The van der Waals surface area contributed by atoms with E-state index in [4.69, 9.17) is 14.6 Å². The maximum absolute atomic E-state index is 14.4. The summed E-state index contributed by atoms with van der Waals surface area (Å²) in [7, 11) is 1.27. The SMILES string of the molecule is COc1c([C@@H]2[C@@H](C(=O)Nc3ccnc(CCO)c3)OC(C)(C)[C@H]2C)ccc(F)c1F. The number of nitrogens with zero attached hydrogens (tertiary/aromatic N) is 1. The third kappa shape index (κ3) is 4.15. The van der Waals surface area contributed by atoms with Crippen LogP contribution in [0.15, 0.2) is 30.5 Å². The highest BCUT2D eigenvalue weighted by Gasteiger charge is 2.51. The van der Waals surface area contributed by atoms with Gasteiger partial charge in [0.05, 0.1) is 12.7 Å². The average molecular weight is 420 g/mol. The number of carbonyl (C=O) groups excluding carboxylic acids is 1. The van der Waals surface area contributed by atoms with Gasteiger partial charge < -0.3 is 19.9 Å². The van der Waals surface area contributed by atoms with E-state index in [2.05, 4.69) is 10.3 Å². The Balaban J connectivity index is 1.95. The second-order valence-electron chi connectivity index (χ2n) is 7.94. The fourth-order valence-electron chi connectivity index (χ4n) is 3.89. The summed E-state index contributed by atoms with van der Waals surface area (Å²) in [5.41, 5.74) is 0.846. The first-order valence-electron chi connectivity index (χ1n) is 9.76. The second kappa shape index (κ2) is 8.65. The third-order valence-electron chi connectivity index (χ3n) is 5.75. The van der Waals surface area contributed by atoms with Crippen LogP contribution in [-0.2, 0) is 16.0 Å². The molecule has 0 radical (unpaired) electrons. The van der Waals surface area contributed by atoms with Gasteiger partial charge in [-0.05, 0) is 38.0 Å². The lowest BCUT2D eigenvalue weighted by atomic mass is 9.78. The van der Waals surface area contributed by atoms with Crippen LogP contribution < -0.4 is 10.1 Å². The zero-order chi connectivity index (χ0) is 22.1. The molecule has 0 saturated carbocycles. The van der Waals surface area contributed by atoms with Crippen molar-refractivity contribution in [1.82, 2.24) is 4.98 Å². The Morgan fingerprint density at radius 3 is 2.73 bits per heavy atom. The molecule has 1 amide bonds. The molecule has 0 unspecified atom stereocenters. The Hall–Kier alpha value is -2.58. The number of amides is 1. The van der Waals surface area contributed by atoms with Gasteiger partial charge in [0.2, 0.25) is 5.82 Å². The fraction of sp³-hybridized carbons (Fsp3) is 0.455. The first kappa shape index (κ1) is 22.1. The predicted molar refractivity (Wildman–Crippen MR) is 107 cm³/mol. The van der Waals surface area contributed by atoms with E-state index in [0.717, 1.165) is 6.07 Å². The van der Waals surface area contributed by atoms with Crippen molar-refractivity contribution in [3.05, 3.63) is 53.4 Å². The molecule has 2 aromatic rings. The Morgan fingerprint density at radius 1 is 1.33 bits per heavy atom. The van der Waals surface area contributed by atoms with Crippen LogP contribution in [0.25, 0.3) is 0 Å². The van der Waals surface area contributed by atoms with Crippen molar-refractivity contribution >= 4 is 11.6 Å². The number of benzene rings is 1. The molecule has 1 aromatic carbocycles. The van der Waals surface area contributed by atoms with Crippen molar-refractivity contribution < 1.29 is 28.2 Å². The molecule has 3 rings (SSSR count). The number of hydrogen-bond donors (Lipinski definition) is 2. The molecule has 2 heterocycles. The van der Waals surface area contributed by atoms with Crippen molar-refractivity contribution in [2.75, 3.05) is 19.0 Å². The number of aliphatic hydroxyl groups is 1. The van der Waals surface area contributed by atoms with Crippen LogP contribution in [0.4, 0.5) is 14.5 Å². The van der Waals surface area contributed by atoms with Crippen LogP contribution >= 0.6 is 0 Å². The summed E-state index contributed by atoms with van der Waals surface area (Å²) in [5, 5.41) is 11.9. The highest BCUT2D eigenvalue weighted by atomic mass is 19.2. The van der Waals surface area contributed by atoms with Crippen LogP contribution in [0, 0.1) is 17.6 Å². The molecule has 30 heavy (non-hydrogen) atoms. The molecule has 1 aliphatic heterocycles. The summed E-state index contributed by atoms with van der Waals surface area (Å²) in [6.07, 6.45) is 0.962. The van der Waals surface area contributed by atoms with Gasteiger partial charge in [-0.15, -0.1) is 0 Å². The molecule has 0 aliphatic carbocycles. The fourth-order valence-corrected chi connectivity index (χ4v) is 3.89. The van der Waals surface area contributed by atoms with Crippen LogP contribution in [0.5, 0.6) is 5.75 Å². The molecule has 1 aliphatic rings. The maximum Gasteiger partial charge on any atom is 0.254 e. The molecule has 6 nitrogen and oxygen atoms in total. The van der Waals surface area contributed by atoms with Gasteiger partial charge in [0.15, 0.2) is 11.6 Å². The third-order valence-corrected chi connectivity index (χ3v) is 5.75. The number of nitrogens with one attached hydrogen (secondary N) is 1. The molecule has 3 atom stereocenters. The monoisotopic (exact) mass is 420 g/mol. The van der Waals surface area contributed by atoms with E-state index in [1.807, 2.05) is 20.8 Å². The molecular formula is C22H26F2N2O4. The largest absolute Gasteiger partial charge is 0.493 e. The molecule has 8 heteroatoms. The van der Waals surface area contributed by atoms with Gasteiger partial charge in [0, 0.05) is 42.1 Å². The van der Waals surface area contributed by atoms with E-state index in [-0.39, 0.29) is 18.3 Å². The molecule has 1 aromatic heterocycles. The van der Waals surface area contributed by atoms with Gasteiger partial charge in [0.1, 0.15) is 6.10 Å². The van der Waals surface area contributed by atoms with E-state index >= 15 is 0 Å². The number of aliphatic hydroxyl groups excluding tert-OH is 1. The Labute approximate surface area is 174 Å². The lowest BCUT2D eigenvalue weighted by molar-refractivity contribution is -0.131. The predicted octanol–water partition coefficient (Wildman–Crippen LogP) is 3.44. The molecule has 162 valence electrons. The maximum atomic E-state index is 14.4. The Kier molecular flexibility index (Phi) is 6.38. The van der Waals surface area contributed by atoms with Gasteiger partial charge in [-0.2, -0.15) is 4.39 Å². The lowest BCUT2D eigenvalue weighted by Gasteiger charge is -2.25. The van der Waals surface area contributed by atoms with E-state index in [0.29, 0.717) is 23.4 Å². The quantitative estimate of drug-likeness (QED) is 0.748. The Bertz CT molecular complexity index is 935. The normalized spacial score (nSPS) is 22.7. The number of anilines is 1. The molecule has 0 bridgehead atoms. The summed E-state index contributed by atoms with van der Waals surface area (Å²) in [6, 6.07) is 5.78. The van der Waals surface area contributed by atoms with Crippen molar-refractivity contribution in [3.8, 4) is 5.75 Å². The van der Waals surface area contributed by atoms with Crippen LogP contribution in [0.1, 0.15) is 37.9 Å². The standard InChI is InChI=1S/C22H26F2N2O4/c1-12-17(15-5-6-16(23)18(24)19(15)29-4)20(30-22(12,2)3)21(28)26-14-7-9-25-13(11-14)8-10-27/h5-7,9,11-12,17,20,27H,8,10H2,1-4H3,(H,25,26,28)/t12-,17+,20-/m0/s1. The van der Waals surface area contributed by atoms with E-state index in [9.17, 15) is 13.6 Å². The molecule has 1 fully saturated rings. The number of ether oxygens (including phenoxy) is 2. The number of pyridine rings is 1. The number of halogens is 2. The van der Waals surface area contributed by atoms with Gasteiger partial charge in [-0.3, -0.25) is 9.78 Å². The van der Waals surface area contributed by atoms with Gasteiger partial charge in [0.25, 0.3) is 5.91 Å². The highest BCUT2D eigenvalue weighted by molar-refractivity contribution is 5.95. The molecule has 2 N–H and O–H groups in total. The van der Waals surface area contributed by atoms with Crippen molar-refractivity contribution in [3.63, 3.8) is 0 Å². The first-order valence-corrected chi connectivity index (χ1v) is 9.76. The highest BCUT2D eigenvalue weighted by Crippen LogP contribution is 2.49. The lowest BCUT2D eigenvalue weighted by Crippen LogP contribution is -2.33. The topological polar surface area (TPSA) is 80.7 Å². The number of carbonyl (C=O) groups is 1. The number of rotatable bonds is 6. The van der Waals surface area contributed by atoms with Crippen LogP contribution in [-0.4, -0.2) is 41.4 Å². The number of hydrogen-bond acceptors (Lipinski definition) is 5. The minimum Gasteiger partial charge on any atom is -0.493 e. The van der Waals surface area contributed by atoms with Crippen molar-refractivity contribution in [2.24, 2.45) is 5.92 Å². The summed E-state index contributed by atoms with van der Waals surface area (Å²) < 4.78 is 39.3. The van der Waals surface area contributed by atoms with Gasteiger partial charge in [-0.25, -0.2) is 4.39 Å².